The highest BCUT2D eigenvalue weighted by Crippen LogP contribution is 2.20. The monoisotopic (exact) mass is 491 g/mol. The summed E-state index contributed by atoms with van der Waals surface area (Å²) in [6.45, 7) is 3.64. The lowest BCUT2D eigenvalue weighted by Crippen LogP contribution is -2.48. The molecule has 2 N–H and O–H groups in total. The van der Waals surface area contributed by atoms with Crippen LogP contribution in [0.25, 0.3) is 0 Å². The molecule has 0 radical (unpaired) electrons. The molecular formula is C27H25NO8. The molecule has 0 spiro atoms. The van der Waals surface area contributed by atoms with E-state index in [1.165, 1.54) is 43.5 Å². The van der Waals surface area contributed by atoms with E-state index in [0.717, 1.165) is 11.1 Å². The van der Waals surface area contributed by atoms with Gasteiger partial charge in [-0.1, -0.05) is 41.5 Å². The van der Waals surface area contributed by atoms with Crippen LogP contribution < -0.4 is 10.1 Å². The normalized spacial score (nSPS) is 12.1. The molecule has 1 amide bonds. The first kappa shape index (κ1) is 26.0. The van der Waals surface area contributed by atoms with Crippen LogP contribution in [0.3, 0.4) is 0 Å². The Morgan fingerprint density at radius 3 is 1.72 bits per heavy atom. The molecule has 0 aromatic heterocycles. The topological polar surface area (TPSA) is 128 Å². The minimum atomic E-state index is -2.13. The summed E-state index contributed by atoms with van der Waals surface area (Å²) in [5.41, 5.74) is 2.18. The van der Waals surface area contributed by atoms with Gasteiger partial charge in [-0.25, -0.2) is 14.4 Å². The molecule has 0 saturated heterocycles. The average molecular weight is 491 g/mol. The second-order valence-electron chi connectivity index (χ2n) is 7.94. The molecule has 3 aromatic carbocycles. The fourth-order valence-corrected chi connectivity index (χ4v) is 3.15. The van der Waals surface area contributed by atoms with Crippen LogP contribution in [0.15, 0.2) is 72.8 Å². The van der Waals surface area contributed by atoms with Crippen molar-refractivity contribution in [2.24, 2.45) is 0 Å². The summed E-state index contributed by atoms with van der Waals surface area (Å²) in [7, 11) is 1.44. The van der Waals surface area contributed by atoms with Gasteiger partial charge >= 0.3 is 17.9 Å². The highest BCUT2D eigenvalue weighted by Gasteiger charge is 2.41. The molecule has 9 nitrogen and oxygen atoms in total. The Morgan fingerprint density at radius 1 is 0.750 bits per heavy atom. The van der Waals surface area contributed by atoms with Gasteiger partial charge in [-0.2, -0.15) is 0 Å². The first-order chi connectivity index (χ1) is 17.2. The Morgan fingerprint density at radius 2 is 1.25 bits per heavy atom. The standard InChI is InChI=1S/C27H25NO8/c1-16-7-11-18(12-8-16)26(32)35-22(24(29)28-20-5-4-6-21(15-20)34-3)23(25(30)31)36-27(33)19-13-9-17(2)10-14-19/h4-15,22-23H,1-3H3,(H,28,29)(H,30,31)/t22-,23+/m0/s1. The van der Waals surface area contributed by atoms with Gasteiger partial charge in [-0.15, -0.1) is 0 Å². The fraction of sp³-hybridized carbons (Fsp3) is 0.185. The molecule has 0 fully saturated rings. The van der Waals surface area contributed by atoms with Gasteiger partial charge in [0.25, 0.3) is 5.91 Å². The molecule has 0 aliphatic rings. The summed E-state index contributed by atoms with van der Waals surface area (Å²) in [6.07, 6.45) is -4.13. The van der Waals surface area contributed by atoms with E-state index in [2.05, 4.69) is 5.32 Å². The van der Waals surface area contributed by atoms with E-state index in [4.69, 9.17) is 14.2 Å². The fourth-order valence-electron chi connectivity index (χ4n) is 3.15. The van der Waals surface area contributed by atoms with Crippen LogP contribution in [0.1, 0.15) is 31.8 Å². The summed E-state index contributed by atoms with van der Waals surface area (Å²) < 4.78 is 15.6. The Kier molecular flexibility index (Phi) is 8.40. The summed E-state index contributed by atoms with van der Waals surface area (Å²) in [6, 6.07) is 18.8. The molecule has 0 bridgehead atoms. The average Bonchev–Trinajstić information content (AvgIpc) is 2.86. The number of carbonyl (C=O) groups is 4. The van der Waals surface area contributed by atoms with E-state index in [0.29, 0.717) is 5.75 Å². The van der Waals surface area contributed by atoms with Gasteiger partial charge in [0, 0.05) is 11.8 Å². The van der Waals surface area contributed by atoms with Gasteiger partial charge in [0.1, 0.15) is 5.75 Å². The second-order valence-corrected chi connectivity index (χ2v) is 7.94. The van der Waals surface area contributed by atoms with Crippen LogP contribution in [0, 0.1) is 13.8 Å². The molecule has 2 atom stereocenters. The van der Waals surface area contributed by atoms with Crippen LogP contribution in [0.2, 0.25) is 0 Å². The molecule has 0 heterocycles. The maximum absolute atomic E-state index is 13.2. The van der Waals surface area contributed by atoms with Crippen molar-refractivity contribution < 1.29 is 38.5 Å². The largest absolute Gasteiger partial charge is 0.497 e. The van der Waals surface area contributed by atoms with E-state index in [1.54, 1.807) is 36.4 Å². The minimum Gasteiger partial charge on any atom is -0.497 e. The Bertz CT molecular complexity index is 1250. The van der Waals surface area contributed by atoms with Gasteiger partial charge in [0.05, 0.1) is 18.2 Å². The third-order valence-corrected chi connectivity index (χ3v) is 5.16. The zero-order chi connectivity index (χ0) is 26.2. The SMILES string of the molecule is COc1cccc(NC(=O)[C@@H](OC(=O)c2ccc(C)cc2)[C@@H](OC(=O)c2ccc(C)cc2)C(=O)O)c1. The van der Waals surface area contributed by atoms with Crippen molar-refractivity contribution in [3.05, 3.63) is 95.1 Å². The van der Waals surface area contributed by atoms with Crippen LogP contribution in [-0.2, 0) is 19.1 Å². The summed E-state index contributed by atoms with van der Waals surface area (Å²) in [5, 5.41) is 12.3. The highest BCUT2D eigenvalue weighted by atomic mass is 16.6. The third-order valence-electron chi connectivity index (χ3n) is 5.16. The van der Waals surface area contributed by atoms with E-state index in [-0.39, 0.29) is 16.8 Å². The number of benzene rings is 3. The van der Waals surface area contributed by atoms with Crippen molar-refractivity contribution in [2.45, 2.75) is 26.1 Å². The lowest BCUT2D eigenvalue weighted by Gasteiger charge is -2.23. The van der Waals surface area contributed by atoms with E-state index < -0.39 is 36.0 Å². The molecule has 9 heteroatoms. The number of carboxylic acid groups (broad SMARTS) is 1. The Balaban J connectivity index is 1.91. The molecule has 0 aliphatic carbocycles. The number of aryl methyl sites for hydroxylation is 2. The van der Waals surface area contributed by atoms with Crippen LogP contribution >= 0.6 is 0 Å². The zero-order valence-electron chi connectivity index (χ0n) is 19.9. The number of carbonyl (C=O) groups excluding carboxylic acids is 3. The third kappa shape index (κ3) is 6.69. The van der Waals surface area contributed by atoms with E-state index in [1.807, 2.05) is 13.8 Å². The van der Waals surface area contributed by atoms with E-state index >= 15 is 0 Å². The van der Waals surface area contributed by atoms with E-state index in [9.17, 15) is 24.3 Å². The first-order valence-corrected chi connectivity index (χ1v) is 10.9. The van der Waals surface area contributed by atoms with Gasteiger partial charge in [-0.05, 0) is 50.2 Å². The Labute approximate surface area is 207 Å². The number of amides is 1. The highest BCUT2D eigenvalue weighted by molar-refractivity contribution is 6.01. The maximum atomic E-state index is 13.2. The number of esters is 2. The summed E-state index contributed by atoms with van der Waals surface area (Å²) >= 11 is 0. The number of hydrogen-bond acceptors (Lipinski definition) is 7. The van der Waals surface area contributed by atoms with Crippen molar-refractivity contribution in [3.8, 4) is 5.75 Å². The molecule has 3 aromatic rings. The van der Waals surface area contributed by atoms with Gasteiger partial charge in [0.15, 0.2) is 0 Å². The lowest BCUT2D eigenvalue weighted by atomic mass is 10.1. The van der Waals surface area contributed by atoms with Gasteiger partial charge in [-0.3, -0.25) is 4.79 Å². The molecule has 0 aliphatic heterocycles. The number of aliphatic carboxylic acids is 1. The molecule has 36 heavy (non-hydrogen) atoms. The summed E-state index contributed by atoms with van der Waals surface area (Å²) in [4.78, 5) is 50.7. The number of nitrogens with one attached hydrogen (secondary N) is 1. The molecule has 3 rings (SSSR count). The first-order valence-electron chi connectivity index (χ1n) is 10.9. The Hall–Kier alpha value is -4.66. The number of hydrogen-bond donors (Lipinski definition) is 2. The molecule has 0 saturated carbocycles. The van der Waals surface area contributed by atoms with Crippen molar-refractivity contribution >= 4 is 29.5 Å². The quantitative estimate of drug-likeness (QED) is 0.433. The number of carboxylic acids is 1. The van der Waals surface area contributed by atoms with Crippen molar-refractivity contribution in [2.75, 3.05) is 12.4 Å². The maximum Gasteiger partial charge on any atom is 0.349 e. The number of rotatable bonds is 9. The van der Waals surface area contributed by atoms with Crippen molar-refractivity contribution in [3.63, 3.8) is 0 Å². The molecular weight excluding hydrogens is 466 g/mol. The predicted octanol–water partition coefficient (Wildman–Crippen LogP) is 3.79. The van der Waals surface area contributed by atoms with Crippen LogP contribution in [0.5, 0.6) is 5.75 Å². The van der Waals surface area contributed by atoms with Crippen molar-refractivity contribution in [1.29, 1.82) is 0 Å². The lowest BCUT2D eigenvalue weighted by molar-refractivity contribution is -0.157. The van der Waals surface area contributed by atoms with Crippen molar-refractivity contribution in [1.82, 2.24) is 0 Å². The number of anilines is 1. The van der Waals surface area contributed by atoms with Crippen LogP contribution in [0.4, 0.5) is 5.69 Å². The minimum absolute atomic E-state index is 0.0728. The zero-order valence-corrected chi connectivity index (χ0v) is 19.9. The second kappa shape index (κ2) is 11.7. The molecule has 186 valence electrons. The summed E-state index contributed by atoms with van der Waals surface area (Å²) in [5.74, 6) is -4.20. The molecule has 0 unspecified atom stereocenters. The smallest absolute Gasteiger partial charge is 0.349 e. The van der Waals surface area contributed by atoms with Gasteiger partial charge < -0.3 is 24.6 Å². The number of methoxy groups -OCH3 is 1. The van der Waals surface area contributed by atoms with Crippen LogP contribution in [-0.4, -0.2) is 48.2 Å². The number of ether oxygens (including phenoxy) is 3. The predicted molar refractivity (Wildman–Crippen MR) is 130 cm³/mol. The van der Waals surface area contributed by atoms with Gasteiger partial charge in [0.2, 0.25) is 12.2 Å².